The van der Waals surface area contributed by atoms with Crippen LogP contribution in [0.25, 0.3) is 0 Å². The van der Waals surface area contributed by atoms with E-state index in [-0.39, 0.29) is 6.10 Å². The number of thioether (sulfide) groups is 1. The molecule has 0 aromatic rings. The molecule has 4 aliphatic carbocycles. The summed E-state index contributed by atoms with van der Waals surface area (Å²) < 4.78 is 0.616. The lowest BCUT2D eigenvalue weighted by Crippen LogP contribution is -2.51. The van der Waals surface area contributed by atoms with E-state index in [4.69, 9.17) is 0 Å². The highest BCUT2D eigenvalue weighted by Gasteiger charge is 2.63. The Morgan fingerprint density at radius 3 is 2.58 bits per heavy atom. The van der Waals surface area contributed by atoms with Gasteiger partial charge in [-0.2, -0.15) is 11.8 Å². The van der Waals surface area contributed by atoms with Gasteiger partial charge >= 0.3 is 0 Å². The van der Waals surface area contributed by atoms with Crippen molar-refractivity contribution < 1.29 is 5.11 Å². The average molecular weight is 347 g/mol. The van der Waals surface area contributed by atoms with Crippen LogP contribution >= 0.6 is 11.8 Å². The van der Waals surface area contributed by atoms with Crippen molar-refractivity contribution in [2.75, 3.05) is 5.75 Å². The van der Waals surface area contributed by atoms with Gasteiger partial charge in [0.15, 0.2) is 0 Å². The van der Waals surface area contributed by atoms with Crippen molar-refractivity contribution in [3.8, 4) is 0 Å². The zero-order valence-electron chi connectivity index (χ0n) is 15.7. The maximum atomic E-state index is 10.1. The van der Waals surface area contributed by atoms with Gasteiger partial charge in [0, 0.05) is 10.5 Å². The van der Waals surface area contributed by atoms with Crippen molar-refractivity contribution in [1.82, 2.24) is 0 Å². The molecule has 5 aliphatic rings. The highest BCUT2D eigenvalue weighted by atomic mass is 32.2. The van der Waals surface area contributed by atoms with Gasteiger partial charge in [-0.25, -0.2) is 0 Å². The van der Waals surface area contributed by atoms with Crippen LogP contribution < -0.4 is 0 Å². The lowest BCUT2D eigenvalue weighted by Gasteiger charge is -2.58. The summed E-state index contributed by atoms with van der Waals surface area (Å²) in [6.45, 7) is 7.77. The molecule has 4 fully saturated rings. The second kappa shape index (κ2) is 5.06. The predicted molar refractivity (Wildman–Crippen MR) is 102 cm³/mol. The number of fused-ring (bicyclic) bond motifs is 5. The Bertz CT molecular complexity index is 579. The first-order chi connectivity index (χ1) is 11.4. The summed E-state index contributed by atoms with van der Waals surface area (Å²) in [4.78, 5) is 0. The van der Waals surface area contributed by atoms with Gasteiger partial charge in [-0.15, -0.1) is 0 Å². The van der Waals surface area contributed by atoms with E-state index in [1.807, 2.05) is 0 Å². The van der Waals surface area contributed by atoms with Crippen LogP contribution in [-0.4, -0.2) is 21.7 Å². The number of rotatable bonds is 1. The molecule has 5 rings (SSSR count). The highest BCUT2D eigenvalue weighted by molar-refractivity contribution is 8.07. The molecule has 2 heteroatoms. The monoisotopic (exact) mass is 346 g/mol. The second-order valence-electron chi connectivity index (χ2n) is 10.4. The summed E-state index contributed by atoms with van der Waals surface area (Å²) in [6.07, 6.45) is 12.9. The number of hydrogen-bond acceptors (Lipinski definition) is 2. The maximum absolute atomic E-state index is 10.1. The fraction of sp³-hybridized carbons (Fsp3) is 0.909. The van der Waals surface area contributed by atoms with Crippen molar-refractivity contribution >= 4 is 11.8 Å². The topological polar surface area (TPSA) is 20.2 Å². The number of hydrogen-bond donors (Lipinski definition) is 1. The largest absolute Gasteiger partial charge is 0.393 e. The molecule has 8 atom stereocenters. The number of allylic oxidation sites excluding steroid dienone is 1. The number of aliphatic hydroxyl groups is 1. The Labute approximate surface area is 152 Å². The minimum atomic E-state index is -0.0718. The lowest BCUT2D eigenvalue weighted by molar-refractivity contribution is -0.0518. The van der Waals surface area contributed by atoms with Gasteiger partial charge in [0.2, 0.25) is 0 Å². The molecule has 0 aromatic heterocycles. The molecule has 0 radical (unpaired) electrons. The van der Waals surface area contributed by atoms with Crippen LogP contribution in [0.5, 0.6) is 0 Å². The minimum absolute atomic E-state index is 0.0718. The van der Waals surface area contributed by atoms with Gasteiger partial charge in [0.25, 0.3) is 0 Å². The molecule has 24 heavy (non-hydrogen) atoms. The van der Waals surface area contributed by atoms with Crippen molar-refractivity contribution in [2.24, 2.45) is 34.5 Å². The van der Waals surface area contributed by atoms with Crippen LogP contribution in [0.4, 0.5) is 0 Å². The van der Waals surface area contributed by atoms with E-state index in [0.29, 0.717) is 15.6 Å². The first-order valence-corrected chi connectivity index (χ1v) is 11.4. The molecule has 0 amide bonds. The van der Waals surface area contributed by atoms with Crippen molar-refractivity contribution in [3.63, 3.8) is 0 Å². The molecule has 3 saturated carbocycles. The summed E-state index contributed by atoms with van der Waals surface area (Å²) >= 11 is 2.23. The summed E-state index contributed by atoms with van der Waals surface area (Å²) in [5.74, 6) is 5.15. The van der Waals surface area contributed by atoms with E-state index in [2.05, 4.69) is 38.6 Å². The standard InChI is InChI=1S/C22H34OS/c1-20-10-8-15(23)12-14(20)4-5-16-17-6-7-19(22(3)13-24-22)21(17,2)11-9-18(16)20/h4,15-19,23H,5-13H2,1-3H3/t15-,16-,17-,18+,19-,20-,21-,22-/m0/s1. The van der Waals surface area contributed by atoms with Crippen molar-refractivity contribution in [2.45, 2.75) is 83.0 Å². The molecule has 0 spiro atoms. The van der Waals surface area contributed by atoms with E-state index in [0.717, 1.165) is 36.5 Å². The van der Waals surface area contributed by atoms with Gasteiger partial charge in [-0.1, -0.05) is 25.5 Å². The van der Waals surface area contributed by atoms with Crippen LogP contribution in [0.2, 0.25) is 0 Å². The van der Waals surface area contributed by atoms with Gasteiger partial charge < -0.3 is 5.11 Å². The lowest BCUT2D eigenvalue weighted by atomic mass is 9.47. The molecule has 0 unspecified atom stereocenters. The Morgan fingerprint density at radius 2 is 1.83 bits per heavy atom. The molecule has 134 valence electrons. The quantitative estimate of drug-likeness (QED) is 0.504. The molecule has 1 saturated heterocycles. The minimum Gasteiger partial charge on any atom is -0.393 e. The van der Waals surface area contributed by atoms with Crippen LogP contribution in [-0.2, 0) is 0 Å². The Balaban J connectivity index is 1.47. The molecule has 1 heterocycles. The molecule has 1 nitrogen and oxygen atoms in total. The predicted octanol–water partition coefficient (Wildman–Crippen LogP) is 5.43. The Hall–Kier alpha value is 0.0500. The van der Waals surface area contributed by atoms with Crippen LogP contribution in [0.3, 0.4) is 0 Å². The Kier molecular flexibility index (Phi) is 3.43. The van der Waals surface area contributed by atoms with E-state index in [9.17, 15) is 5.11 Å². The molecule has 1 N–H and O–H groups in total. The van der Waals surface area contributed by atoms with E-state index in [1.54, 1.807) is 5.57 Å². The average Bonchev–Trinajstić information content (AvgIpc) is 3.17. The second-order valence-corrected chi connectivity index (χ2v) is 11.9. The summed E-state index contributed by atoms with van der Waals surface area (Å²) in [7, 11) is 0. The summed E-state index contributed by atoms with van der Waals surface area (Å²) in [6, 6.07) is 0. The normalized spacial score (nSPS) is 59.2. The van der Waals surface area contributed by atoms with Gasteiger partial charge in [0.05, 0.1) is 6.10 Å². The first-order valence-electron chi connectivity index (χ1n) is 10.4. The van der Waals surface area contributed by atoms with E-state index < -0.39 is 0 Å². The van der Waals surface area contributed by atoms with Crippen LogP contribution in [0.15, 0.2) is 11.6 Å². The van der Waals surface area contributed by atoms with E-state index in [1.165, 1.54) is 44.3 Å². The Morgan fingerprint density at radius 1 is 1.04 bits per heavy atom. The van der Waals surface area contributed by atoms with E-state index >= 15 is 0 Å². The third-order valence-electron chi connectivity index (χ3n) is 9.41. The van der Waals surface area contributed by atoms with Gasteiger partial charge in [-0.3, -0.25) is 0 Å². The number of aliphatic hydroxyl groups excluding tert-OH is 1. The molecular formula is C22H34OS. The smallest absolute Gasteiger partial charge is 0.0577 e. The van der Waals surface area contributed by atoms with Crippen molar-refractivity contribution in [1.29, 1.82) is 0 Å². The summed E-state index contributed by atoms with van der Waals surface area (Å²) in [5.41, 5.74) is 2.63. The fourth-order valence-electron chi connectivity index (χ4n) is 7.96. The van der Waals surface area contributed by atoms with Crippen LogP contribution in [0, 0.1) is 34.5 Å². The highest BCUT2D eigenvalue weighted by Crippen LogP contribution is 2.71. The summed E-state index contributed by atoms with van der Waals surface area (Å²) in [5, 5.41) is 10.1. The van der Waals surface area contributed by atoms with Crippen molar-refractivity contribution in [3.05, 3.63) is 11.6 Å². The molecule has 0 bridgehead atoms. The zero-order chi connectivity index (χ0) is 16.7. The van der Waals surface area contributed by atoms with Crippen LogP contribution in [0.1, 0.15) is 72.1 Å². The third kappa shape index (κ3) is 2.05. The first kappa shape index (κ1) is 16.2. The third-order valence-corrected chi connectivity index (χ3v) is 10.9. The van der Waals surface area contributed by atoms with Gasteiger partial charge in [0.1, 0.15) is 0 Å². The molecule has 0 aromatic carbocycles. The molecule has 1 aliphatic heterocycles. The fourth-order valence-corrected chi connectivity index (χ4v) is 8.98. The zero-order valence-corrected chi connectivity index (χ0v) is 16.5. The molecular weight excluding hydrogens is 312 g/mol. The maximum Gasteiger partial charge on any atom is 0.0577 e. The van der Waals surface area contributed by atoms with Gasteiger partial charge in [-0.05, 0) is 92.8 Å². The SMILES string of the molecule is C[C@]12CC[C@@H]3[C@@H](CC=C4C[C@@H](O)CC[C@@]43C)[C@@H]1CC[C@@H]2[C@]1(C)CS1.